The molecule has 1 heterocycles. The monoisotopic (exact) mass is 287 g/mol. The molecule has 2 fully saturated rings. The molecular weight excluding hydrogens is 264 g/mol. The van der Waals surface area contributed by atoms with Crippen LogP contribution < -0.4 is 10.2 Å². The third-order valence-corrected chi connectivity index (χ3v) is 4.85. The van der Waals surface area contributed by atoms with Gasteiger partial charge in [0.15, 0.2) is 6.04 Å². The average Bonchev–Trinajstić information content (AvgIpc) is 2.77. The van der Waals surface area contributed by atoms with Gasteiger partial charge in [-0.3, -0.25) is 9.59 Å². The van der Waals surface area contributed by atoms with Crippen molar-refractivity contribution in [2.45, 2.75) is 51.1 Å². The summed E-state index contributed by atoms with van der Waals surface area (Å²) in [6.45, 7) is 2.26. The number of rotatable bonds is 3. The number of benzene rings is 1. The molecule has 1 aromatic rings. The van der Waals surface area contributed by atoms with Crippen molar-refractivity contribution >= 4 is 17.5 Å². The number of imide groups is 1. The lowest BCUT2D eigenvalue weighted by Crippen LogP contribution is -2.97. The number of hydrogen-bond donors (Lipinski definition) is 1. The highest BCUT2D eigenvalue weighted by molar-refractivity contribution is 6.21. The quantitative estimate of drug-likeness (QED) is 0.856. The minimum Gasteiger partial charge on any atom is -0.333 e. The van der Waals surface area contributed by atoms with Gasteiger partial charge < -0.3 is 5.32 Å². The molecule has 0 bridgehead atoms. The van der Waals surface area contributed by atoms with Crippen molar-refractivity contribution in [2.24, 2.45) is 5.92 Å². The largest absolute Gasteiger partial charge is 0.333 e. The lowest BCUT2D eigenvalue weighted by molar-refractivity contribution is -0.715. The van der Waals surface area contributed by atoms with Crippen LogP contribution in [0.5, 0.6) is 0 Å². The van der Waals surface area contributed by atoms with E-state index in [4.69, 9.17) is 0 Å². The molecule has 2 N–H and O–H groups in total. The maximum atomic E-state index is 12.6. The van der Waals surface area contributed by atoms with E-state index in [9.17, 15) is 9.59 Å². The molecule has 2 aliphatic rings. The Bertz CT molecular complexity index is 529. The second kappa shape index (κ2) is 5.98. The third-order valence-electron chi connectivity index (χ3n) is 4.85. The van der Waals surface area contributed by atoms with E-state index in [1.165, 1.54) is 24.2 Å². The highest BCUT2D eigenvalue weighted by Gasteiger charge is 2.44. The molecule has 1 aliphatic carbocycles. The Kier molecular flexibility index (Phi) is 4.06. The number of nitrogens with two attached hydrogens (primary N) is 1. The number of quaternary nitrogens is 1. The molecule has 0 unspecified atom stereocenters. The Morgan fingerprint density at radius 1 is 1.10 bits per heavy atom. The lowest BCUT2D eigenvalue weighted by atomic mass is 9.85. The van der Waals surface area contributed by atoms with Crippen LogP contribution >= 0.6 is 0 Å². The number of para-hydroxylation sites is 1. The molecular formula is C17H23N2O2+. The zero-order chi connectivity index (χ0) is 14.8. The first-order valence-corrected chi connectivity index (χ1v) is 7.93. The van der Waals surface area contributed by atoms with E-state index in [2.05, 4.69) is 12.2 Å². The number of amides is 2. The first-order valence-electron chi connectivity index (χ1n) is 7.93. The van der Waals surface area contributed by atoms with E-state index in [1.54, 1.807) is 0 Å². The minimum atomic E-state index is -0.233. The summed E-state index contributed by atoms with van der Waals surface area (Å²) in [6.07, 6.45) is 5.25. The second-order valence-electron chi connectivity index (χ2n) is 6.33. The van der Waals surface area contributed by atoms with Gasteiger partial charge >= 0.3 is 0 Å². The predicted octanol–water partition coefficient (Wildman–Crippen LogP) is 1.46. The fourth-order valence-electron chi connectivity index (χ4n) is 3.58. The van der Waals surface area contributed by atoms with Gasteiger partial charge in [0.1, 0.15) is 0 Å². The molecule has 1 aromatic carbocycles. The van der Waals surface area contributed by atoms with Crippen LogP contribution in [0.4, 0.5) is 5.69 Å². The number of carbonyl (C=O) groups is 2. The first kappa shape index (κ1) is 14.3. The summed E-state index contributed by atoms with van der Waals surface area (Å²) < 4.78 is 0. The molecule has 21 heavy (non-hydrogen) atoms. The van der Waals surface area contributed by atoms with E-state index in [0.717, 1.165) is 6.42 Å². The van der Waals surface area contributed by atoms with Crippen molar-refractivity contribution in [3.8, 4) is 0 Å². The highest BCUT2D eigenvalue weighted by atomic mass is 16.2. The molecule has 1 saturated heterocycles. The third kappa shape index (κ3) is 2.86. The molecule has 3 atom stereocenters. The van der Waals surface area contributed by atoms with Crippen LogP contribution in [-0.4, -0.2) is 23.9 Å². The zero-order valence-corrected chi connectivity index (χ0v) is 12.5. The van der Waals surface area contributed by atoms with Crippen LogP contribution in [0.2, 0.25) is 0 Å². The fourth-order valence-corrected chi connectivity index (χ4v) is 3.58. The smallest absolute Gasteiger partial charge is 0.292 e. The van der Waals surface area contributed by atoms with Gasteiger partial charge in [-0.25, -0.2) is 4.90 Å². The molecule has 2 amide bonds. The molecule has 1 saturated carbocycles. The van der Waals surface area contributed by atoms with Gasteiger partial charge in [-0.2, -0.15) is 0 Å². The summed E-state index contributed by atoms with van der Waals surface area (Å²) in [7, 11) is 0. The summed E-state index contributed by atoms with van der Waals surface area (Å²) in [4.78, 5) is 26.1. The Hall–Kier alpha value is -1.68. The van der Waals surface area contributed by atoms with Crippen LogP contribution in [0.15, 0.2) is 30.3 Å². The zero-order valence-electron chi connectivity index (χ0n) is 12.5. The van der Waals surface area contributed by atoms with Crippen molar-refractivity contribution in [1.29, 1.82) is 0 Å². The Morgan fingerprint density at radius 3 is 2.52 bits per heavy atom. The van der Waals surface area contributed by atoms with Crippen LogP contribution in [0.1, 0.15) is 39.0 Å². The molecule has 1 aliphatic heterocycles. The summed E-state index contributed by atoms with van der Waals surface area (Å²) in [6, 6.07) is 9.50. The molecule has 0 aromatic heterocycles. The van der Waals surface area contributed by atoms with Crippen molar-refractivity contribution in [3.05, 3.63) is 30.3 Å². The number of hydrogen-bond acceptors (Lipinski definition) is 2. The maximum absolute atomic E-state index is 12.6. The van der Waals surface area contributed by atoms with E-state index < -0.39 is 0 Å². The standard InChI is InChI=1S/C17H22N2O2/c1-12-7-5-6-10-14(12)18-15-11-16(20)19(17(15)21)13-8-3-2-4-9-13/h2-4,8-9,12,14-15,18H,5-7,10-11H2,1H3/p+1/t12-,14-,15-/m1/s1. The van der Waals surface area contributed by atoms with Crippen molar-refractivity contribution < 1.29 is 14.9 Å². The molecule has 4 heteroatoms. The van der Waals surface area contributed by atoms with Gasteiger partial charge in [0, 0.05) is 5.92 Å². The Balaban J connectivity index is 1.71. The summed E-state index contributed by atoms with van der Waals surface area (Å²) in [5.74, 6) is 0.507. The van der Waals surface area contributed by atoms with Gasteiger partial charge in [-0.05, 0) is 31.4 Å². The topological polar surface area (TPSA) is 54.0 Å². The van der Waals surface area contributed by atoms with Crippen molar-refractivity contribution in [1.82, 2.24) is 0 Å². The highest BCUT2D eigenvalue weighted by Crippen LogP contribution is 2.24. The second-order valence-corrected chi connectivity index (χ2v) is 6.33. The molecule has 0 spiro atoms. The Morgan fingerprint density at radius 2 is 1.81 bits per heavy atom. The molecule has 112 valence electrons. The first-order chi connectivity index (χ1) is 10.2. The minimum absolute atomic E-state index is 0.0519. The number of carbonyl (C=O) groups excluding carboxylic acids is 2. The van der Waals surface area contributed by atoms with Crippen LogP contribution in [-0.2, 0) is 9.59 Å². The number of nitrogens with zero attached hydrogens (tertiary/aromatic N) is 1. The van der Waals surface area contributed by atoms with Crippen LogP contribution in [0, 0.1) is 5.92 Å². The van der Waals surface area contributed by atoms with Crippen LogP contribution in [0.3, 0.4) is 0 Å². The lowest BCUT2D eigenvalue weighted by Gasteiger charge is -2.28. The van der Waals surface area contributed by atoms with Gasteiger partial charge in [-0.1, -0.05) is 31.5 Å². The van der Waals surface area contributed by atoms with E-state index in [1.807, 2.05) is 30.3 Å². The summed E-state index contributed by atoms with van der Waals surface area (Å²) >= 11 is 0. The molecule has 0 radical (unpaired) electrons. The summed E-state index contributed by atoms with van der Waals surface area (Å²) in [5.41, 5.74) is 0.695. The predicted molar refractivity (Wildman–Crippen MR) is 80.7 cm³/mol. The van der Waals surface area contributed by atoms with E-state index in [-0.39, 0.29) is 17.9 Å². The summed E-state index contributed by atoms with van der Waals surface area (Å²) in [5, 5.41) is 2.16. The van der Waals surface area contributed by atoms with Gasteiger partial charge in [-0.15, -0.1) is 0 Å². The average molecular weight is 287 g/mol. The van der Waals surface area contributed by atoms with Gasteiger partial charge in [0.05, 0.1) is 18.2 Å². The van der Waals surface area contributed by atoms with E-state index in [0.29, 0.717) is 24.1 Å². The van der Waals surface area contributed by atoms with E-state index >= 15 is 0 Å². The maximum Gasteiger partial charge on any atom is 0.292 e. The van der Waals surface area contributed by atoms with Crippen LogP contribution in [0.25, 0.3) is 0 Å². The van der Waals surface area contributed by atoms with Crippen molar-refractivity contribution in [2.75, 3.05) is 4.90 Å². The Labute approximate surface area is 125 Å². The fraction of sp³-hybridized carbons (Fsp3) is 0.529. The van der Waals surface area contributed by atoms with Crippen molar-refractivity contribution in [3.63, 3.8) is 0 Å². The number of anilines is 1. The van der Waals surface area contributed by atoms with Gasteiger partial charge in [0.2, 0.25) is 5.91 Å². The van der Waals surface area contributed by atoms with Gasteiger partial charge in [0.25, 0.3) is 5.91 Å². The molecule has 4 nitrogen and oxygen atoms in total. The SMILES string of the molecule is C[C@@H]1CCCC[C@H]1[NH2+][C@@H]1CC(=O)N(c2ccccc2)C1=O. The normalized spacial score (nSPS) is 30.0. The molecule has 3 rings (SSSR count).